The van der Waals surface area contributed by atoms with Gasteiger partial charge in [-0.05, 0) is 68.0 Å². The smallest absolute Gasteiger partial charge is 0.193 e. The second-order valence-electron chi connectivity index (χ2n) is 5.67. The van der Waals surface area contributed by atoms with Gasteiger partial charge in [0.1, 0.15) is 0 Å². The van der Waals surface area contributed by atoms with Crippen LogP contribution in [-0.2, 0) is 6.42 Å². The molecule has 2 aromatic rings. The van der Waals surface area contributed by atoms with Crippen LogP contribution in [0, 0.1) is 27.7 Å². The highest BCUT2D eigenvalue weighted by molar-refractivity contribution is 6.13. The lowest BCUT2D eigenvalue weighted by Gasteiger charge is -2.24. The molecule has 2 aromatic carbocycles. The molecule has 0 aromatic heterocycles. The van der Waals surface area contributed by atoms with E-state index in [4.69, 9.17) is 0 Å². The van der Waals surface area contributed by atoms with Crippen LogP contribution in [0.1, 0.15) is 49.3 Å². The SMILES string of the molecule is Cc1cc(C)c2c(c1)C(=O)c1c(C)ccc(C)c1C2. The van der Waals surface area contributed by atoms with Crippen molar-refractivity contribution in [3.63, 3.8) is 0 Å². The molecule has 0 N–H and O–H groups in total. The van der Waals surface area contributed by atoms with Crippen molar-refractivity contribution in [2.24, 2.45) is 0 Å². The summed E-state index contributed by atoms with van der Waals surface area (Å²) in [5, 5.41) is 0. The first-order valence-electron chi connectivity index (χ1n) is 6.73. The highest BCUT2D eigenvalue weighted by Crippen LogP contribution is 2.33. The van der Waals surface area contributed by atoms with Crippen molar-refractivity contribution >= 4 is 5.78 Å². The van der Waals surface area contributed by atoms with Gasteiger partial charge in [-0.15, -0.1) is 0 Å². The normalized spacial score (nSPS) is 13.2. The Morgan fingerprint density at radius 1 is 0.842 bits per heavy atom. The molecule has 0 amide bonds. The minimum atomic E-state index is 0.198. The van der Waals surface area contributed by atoms with Crippen LogP contribution in [0.4, 0.5) is 0 Å². The Hall–Kier alpha value is -1.89. The van der Waals surface area contributed by atoms with Crippen LogP contribution in [-0.4, -0.2) is 5.78 Å². The minimum Gasteiger partial charge on any atom is -0.289 e. The minimum absolute atomic E-state index is 0.198. The average Bonchev–Trinajstić information content (AvgIpc) is 2.35. The lowest BCUT2D eigenvalue weighted by atomic mass is 9.79. The van der Waals surface area contributed by atoms with Gasteiger partial charge in [-0.3, -0.25) is 4.79 Å². The number of fused-ring (bicyclic) bond motifs is 2. The molecular weight excluding hydrogens is 232 g/mol. The number of ketones is 1. The quantitative estimate of drug-likeness (QED) is 0.588. The molecule has 0 radical (unpaired) electrons. The van der Waals surface area contributed by atoms with E-state index < -0.39 is 0 Å². The molecule has 96 valence electrons. The van der Waals surface area contributed by atoms with Gasteiger partial charge in [0.25, 0.3) is 0 Å². The van der Waals surface area contributed by atoms with Crippen molar-refractivity contribution in [3.8, 4) is 0 Å². The molecular formula is C18H18O. The summed E-state index contributed by atoms with van der Waals surface area (Å²) >= 11 is 0. The molecule has 3 rings (SSSR count). The predicted octanol–water partition coefficient (Wildman–Crippen LogP) is 4.06. The van der Waals surface area contributed by atoms with Crippen molar-refractivity contribution in [1.29, 1.82) is 0 Å². The van der Waals surface area contributed by atoms with E-state index in [0.29, 0.717) is 0 Å². The van der Waals surface area contributed by atoms with Crippen LogP contribution in [0.25, 0.3) is 0 Å². The molecule has 0 bridgehead atoms. The molecule has 0 aliphatic heterocycles. The third-order valence-electron chi connectivity index (χ3n) is 4.20. The number of hydrogen-bond acceptors (Lipinski definition) is 1. The van der Waals surface area contributed by atoms with Gasteiger partial charge in [-0.1, -0.05) is 23.8 Å². The first-order chi connectivity index (χ1) is 8.99. The number of hydrogen-bond donors (Lipinski definition) is 0. The van der Waals surface area contributed by atoms with Crippen molar-refractivity contribution in [2.45, 2.75) is 34.1 Å². The third-order valence-corrected chi connectivity index (χ3v) is 4.20. The zero-order valence-corrected chi connectivity index (χ0v) is 11.9. The Labute approximate surface area is 114 Å². The second kappa shape index (κ2) is 4.06. The van der Waals surface area contributed by atoms with Gasteiger partial charge in [0, 0.05) is 11.1 Å². The summed E-state index contributed by atoms with van der Waals surface area (Å²) in [7, 11) is 0. The van der Waals surface area contributed by atoms with Crippen LogP contribution >= 0.6 is 0 Å². The van der Waals surface area contributed by atoms with Crippen molar-refractivity contribution in [3.05, 3.63) is 68.8 Å². The van der Waals surface area contributed by atoms with Crippen LogP contribution in [0.2, 0.25) is 0 Å². The predicted molar refractivity (Wildman–Crippen MR) is 78.1 cm³/mol. The summed E-state index contributed by atoms with van der Waals surface area (Å²) < 4.78 is 0. The number of carbonyl (C=O) groups excluding carboxylic acids is 1. The van der Waals surface area contributed by atoms with Crippen LogP contribution < -0.4 is 0 Å². The Balaban J connectivity index is 2.32. The van der Waals surface area contributed by atoms with Crippen LogP contribution in [0.5, 0.6) is 0 Å². The van der Waals surface area contributed by atoms with Gasteiger partial charge < -0.3 is 0 Å². The van der Waals surface area contributed by atoms with Gasteiger partial charge in [0.05, 0.1) is 0 Å². The van der Waals surface area contributed by atoms with Crippen molar-refractivity contribution in [1.82, 2.24) is 0 Å². The average molecular weight is 250 g/mol. The Morgan fingerprint density at radius 2 is 1.53 bits per heavy atom. The van der Waals surface area contributed by atoms with Crippen molar-refractivity contribution in [2.75, 3.05) is 0 Å². The van der Waals surface area contributed by atoms with Gasteiger partial charge in [-0.25, -0.2) is 0 Å². The lowest BCUT2D eigenvalue weighted by molar-refractivity contribution is 0.103. The Morgan fingerprint density at radius 3 is 2.26 bits per heavy atom. The van der Waals surface area contributed by atoms with E-state index >= 15 is 0 Å². The molecule has 0 atom stereocenters. The van der Waals surface area contributed by atoms with E-state index in [1.807, 2.05) is 13.0 Å². The Bertz CT molecular complexity index is 708. The second-order valence-corrected chi connectivity index (χ2v) is 5.67. The molecule has 1 aliphatic rings. The first kappa shape index (κ1) is 12.2. The van der Waals surface area contributed by atoms with Crippen molar-refractivity contribution < 1.29 is 4.79 Å². The third kappa shape index (κ3) is 1.73. The molecule has 19 heavy (non-hydrogen) atoms. The molecule has 0 unspecified atom stereocenters. The molecule has 0 saturated carbocycles. The highest BCUT2D eigenvalue weighted by Gasteiger charge is 2.27. The summed E-state index contributed by atoms with van der Waals surface area (Å²) in [6.45, 7) is 8.29. The zero-order chi connectivity index (χ0) is 13.7. The van der Waals surface area contributed by atoms with E-state index in [2.05, 4.69) is 39.0 Å². The number of aryl methyl sites for hydroxylation is 4. The first-order valence-corrected chi connectivity index (χ1v) is 6.73. The summed E-state index contributed by atoms with van der Waals surface area (Å²) in [6.07, 6.45) is 0.885. The fourth-order valence-corrected chi connectivity index (χ4v) is 3.16. The van der Waals surface area contributed by atoms with E-state index in [1.165, 1.54) is 27.8 Å². The van der Waals surface area contributed by atoms with E-state index in [9.17, 15) is 4.79 Å². The highest BCUT2D eigenvalue weighted by atomic mass is 16.1. The number of benzene rings is 2. The molecule has 0 heterocycles. The number of carbonyl (C=O) groups is 1. The topological polar surface area (TPSA) is 17.1 Å². The largest absolute Gasteiger partial charge is 0.289 e. The maximum absolute atomic E-state index is 12.8. The maximum Gasteiger partial charge on any atom is 0.193 e. The fourth-order valence-electron chi connectivity index (χ4n) is 3.16. The van der Waals surface area contributed by atoms with Gasteiger partial charge in [0.15, 0.2) is 5.78 Å². The molecule has 0 fully saturated rings. The molecule has 1 heteroatoms. The van der Waals surface area contributed by atoms with E-state index in [-0.39, 0.29) is 5.78 Å². The fraction of sp³-hybridized carbons (Fsp3) is 0.278. The summed E-state index contributed by atoms with van der Waals surface area (Å²) in [5.41, 5.74) is 8.96. The summed E-state index contributed by atoms with van der Waals surface area (Å²) in [6, 6.07) is 8.38. The lowest BCUT2D eigenvalue weighted by Crippen LogP contribution is -2.19. The standard InChI is InChI=1S/C18H18O/c1-10-7-13(4)14-9-15-11(2)5-6-12(3)17(15)18(19)16(14)8-10/h5-8H,9H2,1-4H3. The van der Waals surface area contributed by atoms with E-state index in [0.717, 1.165) is 23.1 Å². The molecule has 0 spiro atoms. The van der Waals surface area contributed by atoms with Crippen LogP contribution in [0.15, 0.2) is 24.3 Å². The molecule has 1 aliphatic carbocycles. The van der Waals surface area contributed by atoms with Gasteiger partial charge in [-0.2, -0.15) is 0 Å². The summed E-state index contributed by atoms with van der Waals surface area (Å²) in [5.74, 6) is 0.198. The van der Waals surface area contributed by atoms with Gasteiger partial charge >= 0.3 is 0 Å². The van der Waals surface area contributed by atoms with E-state index in [1.54, 1.807) is 0 Å². The van der Waals surface area contributed by atoms with Crippen LogP contribution in [0.3, 0.4) is 0 Å². The summed E-state index contributed by atoms with van der Waals surface area (Å²) in [4.78, 5) is 12.8. The zero-order valence-electron chi connectivity index (χ0n) is 11.9. The molecule has 0 saturated heterocycles. The molecule has 1 nitrogen and oxygen atoms in total. The number of rotatable bonds is 0. The Kier molecular flexibility index (Phi) is 2.60. The van der Waals surface area contributed by atoms with Gasteiger partial charge in [0.2, 0.25) is 0 Å². The maximum atomic E-state index is 12.8. The monoisotopic (exact) mass is 250 g/mol.